The molecular formula is C13H27N3O2. The molecule has 0 aromatic carbocycles. The fourth-order valence-electron chi connectivity index (χ4n) is 2.24. The predicted molar refractivity (Wildman–Crippen MR) is 72.4 cm³/mol. The third-order valence-electron chi connectivity index (χ3n) is 3.81. The van der Waals surface area contributed by atoms with Gasteiger partial charge in [-0.1, -0.05) is 0 Å². The summed E-state index contributed by atoms with van der Waals surface area (Å²) in [6, 6.07) is 0.0849. The number of nitrogens with zero attached hydrogens (tertiary/aromatic N) is 1. The van der Waals surface area contributed by atoms with Crippen molar-refractivity contribution < 1.29 is 9.53 Å². The number of hydrogen-bond acceptors (Lipinski definition) is 4. The zero-order valence-corrected chi connectivity index (χ0v) is 11.9. The lowest BCUT2D eigenvalue weighted by Gasteiger charge is -2.42. The smallest absolute Gasteiger partial charge is 0.220 e. The highest BCUT2D eigenvalue weighted by Gasteiger charge is 2.34. The van der Waals surface area contributed by atoms with Gasteiger partial charge in [0.25, 0.3) is 0 Å². The average Bonchev–Trinajstić information content (AvgIpc) is 2.34. The zero-order valence-electron chi connectivity index (χ0n) is 11.9. The highest BCUT2D eigenvalue weighted by Crippen LogP contribution is 2.25. The standard InChI is InChI=1S/C13H27N3O2/c1-11(14)4-5-12(17)15-10-13(16(2)3)6-8-18-9-7-13/h11H,4-10,14H2,1-3H3,(H,15,17). The summed E-state index contributed by atoms with van der Waals surface area (Å²) in [6.07, 6.45) is 3.18. The summed E-state index contributed by atoms with van der Waals surface area (Å²) in [4.78, 5) is 13.9. The maximum atomic E-state index is 11.7. The van der Waals surface area contributed by atoms with Crippen LogP contribution in [0.25, 0.3) is 0 Å². The molecule has 0 radical (unpaired) electrons. The van der Waals surface area contributed by atoms with E-state index in [2.05, 4.69) is 24.3 Å². The monoisotopic (exact) mass is 257 g/mol. The first kappa shape index (κ1) is 15.4. The maximum absolute atomic E-state index is 11.7. The Hall–Kier alpha value is -0.650. The Morgan fingerprint density at radius 3 is 2.56 bits per heavy atom. The van der Waals surface area contributed by atoms with Gasteiger partial charge in [0.1, 0.15) is 0 Å². The first-order valence-corrected chi connectivity index (χ1v) is 6.74. The molecule has 0 bridgehead atoms. The third kappa shape index (κ3) is 4.55. The number of likely N-dealkylation sites (N-methyl/N-ethyl adjacent to an activating group) is 1. The van der Waals surface area contributed by atoms with Gasteiger partial charge in [0, 0.05) is 37.8 Å². The molecule has 18 heavy (non-hydrogen) atoms. The van der Waals surface area contributed by atoms with Crippen LogP contribution in [-0.2, 0) is 9.53 Å². The minimum atomic E-state index is 0.0439. The normalized spacial score (nSPS) is 20.7. The molecule has 0 saturated carbocycles. The van der Waals surface area contributed by atoms with Gasteiger partial charge in [-0.15, -0.1) is 0 Å². The average molecular weight is 257 g/mol. The van der Waals surface area contributed by atoms with E-state index < -0.39 is 0 Å². The van der Waals surface area contributed by atoms with Gasteiger partial charge in [0.15, 0.2) is 0 Å². The van der Waals surface area contributed by atoms with Crippen LogP contribution < -0.4 is 11.1 Å². The Kier molecular flexibility index (Phi) is 6.05. The van der Waals surface area contributed by atoms with E-state index in [0.29, 0.717) is 13.0 Å². The highest BCUT2D eigenvalue weighted by molar-refractivity contribution is 5.76. The van der Waals surface area contributed by atoms with Gasteiger partial charge in [0.2, 0.25) is 5.91 Å². The fourth-order valence-corrected chi connectivity index (χ4v) is 2.24. The lowest BCUT2D eigenvalue weighted by atomic mass is 9.88. The molecule has 1 heterocycles. The summed E-state index contributed by atoms with van der Waals surface area (Å²) in [5, 5.41) is 3.04. The van der Waals surface area contributed by atoms with Crippen molar-refractivity contribution in [3.05, 3.63) is 0 Å². The van der Waals surface area contributed by atoms with Crippen molar-refractivity contribution >= 4 is 5.91 Å². The number of nitrogens with two attached hydrogens (primary N) is 1. The second-order valence-electron chi connectivity index (χ2n) is 5.52. The number of amides is 1. The summed E-state index contributed by atoms with van der Waals surface area (Å²) in [6.45, 7) is 4.16. The molecule has 1 atom stereocenters. The van der Waals surface area contributed by atoms with Gasteiger partial charge >= 0.3 is 0 Å². The fraction of sp³-hybridized carbons (Fsp3) is 0.923. The Balaban J connectivity index is 2.40. The molecule has 0 aromatic rings. The first-order valence-electron chi connectivity index (χ1n) is 6.74. The van der Waals surface area contributed by atoms with E-state index in [1.165, 1.54) is 0 Å². The molecule has 0 aliphatic carbocycles. The van der Waals surface area contributed by atoms with Crippen molar-refractivity contribution in [2.45, 2.75) is 44.2 Å². The summed E-state index contributed by atoms with van der Waals surface area (Å²) in [5.74, 6) is 0.0972. The summed E-state index contributed by atoms with van der Waals surface area (Å²) < 4.78 is 5.40. The van der Waals surface area contributed by atoms with Gasteiger partial charge in [-0.2, -0.15) is 0 Å². The number of hydrogen-bond donors (Lipinski definition) is 2. The van der Waals surface area contributed by atoms with E-state index >= 15 is 0 Å². The van der Waals surface area contributed by atoms with Crippen LogP contribution in [0.5, 0.6) is 0 Å². The summed E-state index contributed by atoms with van der Waals surface area (Å²) in [5.41, 5.74) is 5.69. The highest BCUT2D eigenvalue weighted by atomic mass is 16.5. The van der Waals surface area contributed by atoms with Gasteiger partial charge in [-0.25, -0.2) is 0 Å². The summed E-state index contributed by atoms with van der Waals surface area (Å²) in [7, 11) is 4.14. The lowest BCUT2D eigenvalue weighted by molar-refractivity contribution is -0.122. The van der Waals surface area contributed by atoms with Crippen LogP contribution in [0.15, 0.2) is 0 Å². The minimum absolute atomic E-state index is 0.0439. The molecule has 1 aliphatic heterocycles. The van der Waals surface area contributed by atoms with E-state index in [1.807, 2.05) is 6.92 Å². The molecule has 1 rings (SSSR count). The lowest BCUT2D eigenvalue weighted by Crippen LogP contribution is -2.55. The minimum Gasteiger partial charge on any atom is -0.381 e. The second-order valence-corrected chi connectivity index (χ2v) is 5.52. The molecule has 0 spiro atoms. The van der Waals surface area contributed by atoms with Crippen molar-refractivity contribution in [2.75, 3.05) is 33.9 Å². The Morgan fingerprint density at radius 1 is 1.44 bits per heavy atom. The molecule has 1 amide bonds. The molecule has 5 nitrogen and oxygen atoms in total. The van der Waals surface area contributed by atoms with Gasteiger partial charge < -0.3 is 20.7 Å². The molecule has 1 unspecified atom stereocenters. The maximum Gasteiger partial charge on any atom is 0.220 e. The van der Waals surface area contributed by atoms with E-state index in [-0.39, 0.29) is 17.5 Å². The van der Waals surface area contributed by atoms with Crippen molar-refractivity contribution in [3.63, 3.8) is 0 Å². The number of rotatable bonds is 6. The van der Waals surface area contributed by atoms with E-state index in [1.54, 1.807) is 0 Å². The second kappa shape index (κ2) is 7.07. The first-order chi connectivity index (χ1) is 8.46. The molecule has 1 fully saturated rings. The van der Waals surface area contributed by atoms with Crippen LogP contribution in [-0.4, -0.2) is 56.2 Å². The van der Waals surface area contributed by atoms with Crippen LogP contribution >= 0.6 is 0 Å². The Labute approximate surface area is 110 Å². The Bertz CT molecular complexity index is 261. The van der Waals surface area contributed by atoms with Crippen molar-refractivity contribution in [2.24, 2.45) is 5.73 Å². The number of ether oxygens (including phenoxy) is 1. The van der Waals surface area contributed by atoms with Crippen molar-refractivity contribution in [1.82, 2.24) is 10.2 Å². The molecule has 106 valence electrons. The topological polar surface area (TPSA) is 67.6 Å². The molecule has 1 aliphatic rings. The SMILES string of the molecule is CC(N)CCC(=O)NCC1(N(C)C)CCOCC1. The van der Waals surface area contributed by atoms with Crippen molar-refractivity contribution in [3.8, 4) is 0 Å². The number of carbonyl (C=O) groups is 1. The van der Waals surface area contributed by atoms with Gasteiger partial charge in [-0.05, 0) is 40.3 Å². The van der Waals surface area contributed by atoms with Gasteiger partial charge in [0.05, 0.1) is 0 Å². The van der Waals surface area contributed by atoms with E-state index in [0.717, 1.165) is 32.5 Å². The third-order valence-corrected chi connectivity index (χ3v) is 3.81. The van der Waals surface area contributed by atoms with Crippen LogP contribution in [0.3, 0.4) is 0 Å². The molecule has 3 N–H and O–H groups in total. The predicted octanol–water partition coefficient (Wildman–Crippen LogP) is 0.341. The molecule has 1 saturated heterocycles. The Morgan fingerprint density at radius 2 is 2.06 bits per heavy atom. The number of carbonyl (C=O) groups excluding carboxylic acids is 1. The van der Waals surface area contributed by atoms with Crippen molar-refractivity contribution in [1.29, 1.82) is 0 Å². The van der Waals surface area contributed by atoms with Gasteiger partial charge in [-0.3, -0.25) is 4.79 Å². The van der Waals surface area contributed by atoms with Crippen LogP contribution in [0, 0.1) is 0 Å². The largest absolute Gasteiger partial charge is 0.381 e. The van der Waals surface area contributed by atoms with Crippen LogP contribution in [0.1, 0.15) is 32.6 Å². The van der Waals surface area contributed by atoms with E-state index in [4.69, 9.17) is 10.5 Å². The zero-order chi connectivity index (χ0) is 13.6. The number of nitrogens with one attached hydrogen (secondary N) is 1. The molecule has 0 aromatic heterocycles. The van der Waals surface area contributed by atoms with Crippen LogP contribution in [0.2, 0.25) is 0 Å². The summed E-state index contributed by atoms with van der Waals surface area (Å²) >= 11 is 0. The van der Waals surface area contributed by atoms with Crippen LogP contribution in [0.4, 0.5) is 0 Å². The van der Waals surface area contributed by atoms with E-state index in [9.17, 15) is 4.79 Å². The molecule has 5 heteroatoms. The quantitative estimate of drug-likeness (QED) is 0.720. The molecular weight excluding hydrogens is 230 g/mol.